The average molecular weight is 236 g/mol. The molecular formula is C16H28O. The van der Waals surface area contributed by atoms with Gasteiger partial charge in [0.05, 0.1) is 0 Å². The van der Waals surface area contributed by atoms with E-state index in [0.29, 0.717) is 0 Å². The summed E-state index contributed by atoms with van der Waals surface area (Å²) >= 11 is 0. The van der Waals surface area contributed by atoms with E-state index in [1.165, 1.54) is 12.8 Å². The average Bonchev–Trinajstić information content (AvgIpc) is 2.42. The van der Waals surface area contributed by atoms with E-state index in [4.69, 9.17) is 5.11 Å². The van der Waals surface area contributed by atoms with Crippen molar-refractivity contribution >= 4 is 0 Å². The third-order valence-electron chi connectivity index (χ3n) is 3.60. The van der Waals surface area contributed by atoms with Gasteiger partial charge in [-0.05, 0) is 36.5 Å². The van der Waals surface area contributed by atoms with Gasteiger partial charge in [0.2, 0.25) is 0 Å². The van der Waals surface area contributed by atoms with Crippen LogP contribution in [0.25, 0.3) is 0 Å². The first-order chi connectivity index (χ1) is 8.31. The molecule has 0 aliphatic heterocycles. The minimum atomic E-state index is 0.734. The molecule has 0 aromatic carbocycles. The van der Waals surface area contributed by atoms with E-state index in [0.717, 1.165) is 30.8 Å². The molecular weight excluding hydrogens is 208 g/mol. The maximum absolute atomic E-state index is 7.00. The van der Waals surface area contributed by atoms with Crippen LogP contribution in [0.4, 0.5) is 0 Å². The van der Waals surface area contributed by atoms with Crippen LogP contribution in [-0.2, 0) is 0 Å². The zero-order chi connectivity index (χ0) is 13.3. The molecule has 0 bridgehead atoms. The molecule has 98 valence electrons. The lowest BCUT2D eigenvalue weighted by Crippen LogP contribution is -2.28. The molecule has 1 N–H and O–H groups in total. The van der Waals surface area contributed by atoms with Gasteiger partial charge in [0, 0.05) is 7.11 Å². The highest BCUT2D eigenvalue weighted by atomic mass is 16.2. The van der Waals surface area contributed by atoms with Gasteiger partial charge in [-0.15, -0.1) is 6.58 Å². The third kappa shape index (κ3) is 4.51. The van der Waals surface area contributed by atoms with Crippen LogP contribution in [0.2, 0.25) is 0 Å². The molecule has 0 aromatic rings. The van der Waals surface area contributed by atoms with E-state index in [2.05, 4.69) is 43.9 Å². The zero-order valence-corrected chi connectivity index (χ0v) is 11.8. The Morgan fingerprint density at radius 3 is 2.00 bits per heavy atom. The quantitative estimate of drug-likeness (QED) is 0.676. The molecule has 0 amide bonds. The van der Waals surface area contributed by atoms with Crippen LogP contribution >= 0.6 is 0 Å². The monoisotopic (exact) mass is 236 g/mol. The molecule has 2 aliphatic carbocycles. The summed E-state index contributed by atoms with van der Waals surface area (Å²) in [7, 11) is 1.00. The molecule has 1 nitrogen and oxygen atoms in total. The smallest absolute Gasteiger partial charge is 0.0319 e. The van der Waals surface area contributed by atoms with Gasteiger partial charge < -0.3 is 5.11 Å². The number of rotatable bonds is 1. The number of aliphatic hydroxyl groups is 1. The van der Waals surface area contributed by atoms with E-state index in [9.17, 15) is 0 Å². The first-order valence-corrected chi connectivity index (χ1v) is 6.73. The van der Waals surface area contributed by atoms with Crippen molar-refractivity contribution in [3.8, 4) is 0 Å². The Morgan fingerprint density at radius 2 is 1.53 bits per heavy atom. The Morgan fingerprint density at radius 1 is 1.06 bits per heavy atom. The van der Waals surface area contributed by atoms with Crippen molar-refractivity contribution in [1.29, 1.82) is 0 Å². The van der Waals surface area contributed by atoms with Crippen molar-refractivity contribution in [2.75, 3.05) is 7.11 Å². The number of aliphatic hydroxyl groups excluding tert-OH is 1. The first kappa shape index (κ1) is 16.2. The van der Waals surface area contributed by atoms with Crippen LogP contribution in [0, 0.1) is 23.7 Å². The molecule has 0 aromatic heterocycles. The highest BCUT2D eigenvalue weighted by Gasteiger charge is 2.31. The lowest BCUT2D eigenvalue weighted by atomic mass is 9.68. The van der Waals surface area contributed by atoms with Crippen LogP contribution in [-0.4, -0.2) is 12.2 Å². The third-order valence-corrected chi connectivity index (χ3v) is 3.60. The Bertz CT molecular complexity index is 252. The predicted molar refractivity (Wildman–Crippen MR) is 76.8 cm³/mol. The van der Waals surface area contributed by atoms with Crippen molar-refractivity contribution in [2.24, 2.45) is 23.7 Å². The summed E-state index contributed by atoms with van der Waals surface area (Å²) in [6, 6.07) is 0. The van der Waals surface area contributed by atoms with Crippen molar-refractivity contribution < 1.29 is 5.11 Å². The summed E-state index contributed by atoms with van der Waals surface area (Å²) in [5.74, 6) is 3.13. The first-order valence-electron chi connectivity index (χ1n) is 6.73. The highest BCUT2D eigenvalue weighted by Crippen LogP contribution is 2.40. The molecule has 1 fully saturated rings. The molecule has 1 saturated carbocycles. The molecule has 0 spiro atoms. The Balaban J connectivity index is 0.000000581. The van der Waals surface area contributed by atoms with Crippen molar-refractivity contribution in [3.05, 3.63) is 37.0 Å². The van der Waals surface area contributed by atoms with Crippen LogP contribution in [0.15, 0.2) is 37.0 Å². The van der Waals surface area contributed by atoms with Gasteiger partial charge in [-0.3, -0.25) is 0 Å². The summed E-state index contributed by atoms with van der Waals surface area (Å²) < 4.78 is 0. The Kier molecular flexibility index (Phi) is 8.79. The van der Waals surface area contributed by atoms with Crippen LogP contribution < -0.4 is 0 Å². The molecule has 2 aliphatic rings. The molecule has 0 heterocycles. The maximum atomic E-state index is 7.00. The summed E-state index contributed by atoms with van der Waals surface area (Å²) in [5.41, 5.74) is 0. The molecule has 17 heavy (non-hydrogen) atoms. The maximum Gasteiger partial charge on any atom is 0.0319 e. The van der Waals surface area contributed by atoms with Crippen LogP contribution in [0.1, 0.15) is 33.6 Å². The molecule has 2 rings (SSSR count). The number of allylic oxidation sites excluding steroid dienone is 5. The second kappa shape index (κ2) is 9.23. The van der Waals surface area contributed by atoms with E-state index < -0.39 is 0 Å². The van der Waals surface area contributed by atoms with Gasteiger partial charge >= 0.3 is 0 Å². The largest absolute Gasteiger partial charge is 0.400 e. The van der Waals surface area contributed by atoms with Gasteiger partial charge in [0.15, 0.2) is 0 Å². The molecule has 4 unspecified atom stereocenters. The SMILES string of the molecule is C=CC1CC2C=CC=CC2CC1C.CC.CO. The summed E-state index contributed by atoms with van der Waals surface area (Å²) in [6.45, 7) is 10.3. The van der Waals surface area contributed by atoms with Gasteiger partial charge in [-0.2, -0.15) is 0 Å². The molecule has 0 saturated heterocycles. The van der Waals surface area contributed by atoms with Crippen molar-refractivity contribution in [1.82, 2.24) is 0 Å². The van der Waals surface area contributed by atoms with E-state index in [1.807, 2.05) is 13.8 Å². The van der Waals surface area contributed by atoms with Crippen molar-refractivity contribution in [3.63, 3.8) is 0 Å². The van der Waals surface area contributed by atoms with Gasteiger partial charge in [-0.25, -0.2) is 0 Å². The van der Waals surface area contributed by atoms with Gasteiger partial charge in [-0.1, -0.05) is 51.2 Å². The summed E-state index contributed by atoms with van der Waals surface area (Å²) in [5, 5.41) is 7.00. The fraction of sp³-hybridized carbons (Fsp3) is 0.625. The Labute approximate surface area is 107 Å². The molecule has 4 atom stereocenters. The van der Waals surface area contributed by atoms with Crippen molar-refractivity contribution in [2.45, 2.75) is 33.6 Å². The fourth-order valence-corrected chi connectivity index (χ4v) is 2.69. The Hall–Kier alpha value is -0.820. The standard InChI is InChI=1S/C13H18.C2H6.CH4O/c1-3-11-9-13-7-5-4-6-12(13)8-10(11)2;2*1-2/h3-7,10-13H,1,8-9H2,2H3;1-2H3;2H,1H3. The second-order valence-electron chi connectivity index (χ2n) is 4.45. The lowest BCUT2D eigenvalue weighted by molar-refractivity contribution is 0.211. The number of hydrogen-bond donors (Lipinski definition) is 1. The molecule has 0 radical (unpaired) electrons. The molecule has 1 heteroatoms. The van der Waals surface area contributed by atoms with Crippen LogP contribution in [0.3, 0.4) is 0 Å². The highest BCUT2D eigenvalue weighted by molar-refractivity contribution is 5.16. The number of fused-ring (bicyclic) bond motifs is 1. The second-order valence-corrected chi connectivity index (χ2v) is 4.45. The predicted octanol–water partition coefficient (Wildman–Crippen LogP) is 4.21. The zero-order valence-electron chi connectivity index (χ0n) is 11.8. The summed E-state index contributed by atoms with van der Waals surface area (Å²) in [4.78, 5) is 0. The van der Waals surface area contributed by atoms with E-state index in [-0.39, 0.29) is 0 Å². The van der Waals surface area contributed by atoms with Gasteiger partial charge in [0.1, 0.15) is 0 Å². The normalized spacial score (nSPS) is 33.5. The summed E-state index contributed by atoms with van der Waals surface area (Å²) in [6.07, 6.45) is 13.9. The fourth-order valence-electron chi connectivity index (χ4n) is 2.69. The van der Waals surface area contributed by atoms with Crippen LogP contribution in [0.5, 0.6) is 0 Å². The van der Waals surface area contributed by atoms with E-state index >= 15 is 0 Å². The number of hydrogen-bond acceptors (Lipinski definition) is 1. The topological polar surface area (TPSA) is 20.2 Å². The van der Waals surface area contributed by atoms with Gasteiger partial charge in [0.25, 0.3) is 0 Å². The minimum absolute atomic E-state index is 0.734. The lowest BCUT2D eigenvalue weighted by Gasteiger charge is -2.37. The minimum Gasteiger partial charge on any atom is -0.400 e. The van der Waals surface area contributed by atoms with E-state index in [1.54, 1.807) is 0 Å².